The molecule has 0 rings (SSSR count). The molecule has 0 radical (unpaired) electrons. The van der Waals surface area contributed by atoms with Crippen LogP contribution in [0.3, 0.4) is 0 Å². The maximum Gasteiger partial charge on any atom is 0.151 e. The molecule has 0 aliphatic heterocycles. The highest BCUT2D eigenvalue weighted by molar-refractivity contribution is 5.60. The average Bonchev–Trinajstić information content (AvgIpc) is 1.84. The van der Waals surface area contributed by atoms with E-state index in [1.807, 2.05) is 0 Å². The minimum Gasteiger partial charge on any atom is -0.394 e. The molecule has 0 fully saturated rings. The Balaban J connectivity index is 3.45. The molecule has 0 aromatic carbocycles. The maximum atomic E-state index is 10.1. The lowest BCUT2D eigenvalue weighted by molar-refractivity contribution is -0.128. The molecule has 0 saturated heterocycles. The smallest absolute Gasteiger partial charge is 0.151 e. The third-order valence-corrected chi connectivity index (χ3v) is 0.849. The third kappa shape index (κ3) is 4.12. The van der Waals surface area contributed by atoms with E-state index >= 15 is 0 Å². The summed E-state index contributed by atoms with van der Waals surface area (Å²) >= 11 is 0. The predicted octanol–water partition coefficient (Wildman–Crippen LogP) is -0.0272. The lowest BCUT2D eigenvalue weighted by Crippen LogP contribution is -2.27. The number of hydrogen-bond acceptors (Lipinski definition) is 3. The summed E-state index contributed by atoms with van der Waals surface area (Å²) in [5, 5.41) is 8.28. The Hall–Kier alpha value is -0.410. The molecule has 0 aliphatic rings. The molecule has 0 aliphatic carbocycles. The standard InChI is InChI=1S/C6H12O3/c1-6(2,5-8)9-4-3-7/h5,7H,3-4H2,1-2H3. The van der Waals surface area contributed by atoms with Gasteiger partial charge in [-0.05, 0) is 13.8 Å². The zero-order valence-electron chi connectivity index (χ0n) is 5.76. The van der Waals surface area contributed by atoms with Crippen LogP contribution in [0, 0.1) is 0 Å². The zero-order valence-corrected chi connectivity index (χ0v) is 5.76. The van der Waals surface area contributed by atoms with Crippen molar-refractivity contribution in [3.63, 3.8) is 0 Å². The summed E-state index contributed by atoms with van der Waals surface area (Å²) in [6, 6.07) is 0. The summed E-state index contributed by atoms with van der Waals surface area (Å²) in [7, 11) is 0. The first-order valence-electron chi connectivity index (χ1n) is 2.83. The molecule has 1 N–H and O–H groups in total. The van der Waals surface area contributed by atoms with Gasteiger partial charge in [-0.25, -0.2) is 0 Å². The van der Waals surface area contributed by atoms with Gasteiger partial charge in [-0.3, -0.25) is 0 Å². The predicted molar refractivity (Wildman–Crippen MR) is 33.2 cm³/mol. The molecular formula is C6H12O3. The SMILES string of the molecule is CC(C)(C=O)OCCO. The van der Waals surface area contributed by atoms with E-state index in [0.717, 1.165) is 0 Å². The van der Waals surface area contributed by atoms with Crippen LogP contribution in [0.4, 0.5) is 0 Å². The van der Waals surface area contributed by atoms with Gasteiger partial charge in [-0.2, -0.15) is 0 Å². The number of aliphatic hydroxyl groups excluding tert-OH is 1. The second-order valence-corrected chi connectivity index (χ2v) is 2.29. The largest absolute Gasteiger partial charge is 0.394 e. The highest BCUT2D eigenvalue weighted by Crippen LogP contribution is 2.02. The second kappa shape index (κ2) is 3.58. The van der Waals surface area contributed by atoms with Crippen molar-refractivity contribution in [1.82, 2.24) is 0 Å². The van der Waals surface area contributed by atoms with E-state index in [9.17, 15) is 4.79 Å². The summed E-state index contributed by atoms with van der Waals surface area (Å²) in [5.74, 6) is 0. The molecule has 9 heavy (non-hydrogen) atoms. The van der Waals surface area contributed by atoms with Crippen LogP contribution in [0.25, 0.3) is 0 Å². The van der Waals surface area contributed by atoms with Gasteiger partial charge >= 0.3 is 0 Å². The molecule has 0 bridgehead atoms. The number of aldehydes is 1. The number of hydrogen-bond donors (Lipinski definition) is 1. The maximum absolute atomic E-state index is 10.1. The zero-order chi connectivity index (χ0) is 7.33. The molecule has 0 aromatic heterocycles. The van der Waals surface area contributed by atoms with Crippen molar-refractivity contribution in [2.24, 2.45) is 0 Å². The van der Waals surface area contributed by atoms with Crippen molar-refractivity contribution in [2.75, 3.05) is 13.2 Å². The molecule has 3 nitrogen and oxygen atoms in total. The van der Waals surface area contributed by atoms with Crippen LogP contribution in [-0.2, 0) is 9.53 Å². The number of aliphatic hydroxyl groups is 1. The molecule has 54 valence electrons. The Morgan fingerprint density at radius 2 is 2.22 bits per heavy atom. The molecule has 3 heteroatoms. The monoisotopic (exact) mass is 132 g/mol. The highest BCUT2D eigenvalue weighted by Gasteiger charge is 2.15. The summed E-state index contributed by atoms with van der Waals surface area (Å²) in [4.78, 5) is 10.1. The van der Waals surface area contributed by atoms with Gasteiger partial charge in [0.15, 0.2) is 6.29 Å². The molecular weight excluding hydrogens is 120 g/mol. The normalized spacial score (nSPS) is 11.4. The molecule has 0 atom stereocenters. The van der Waals surface area contributed by atoms with Gasteiger partial charge in [-0.1, -0.05) is 0 Å². The van der Waals surface area contributed by atoms with E-state index in [4.69, 9.17) is 9.84 Å². The van der Waals surface area contributed by atoms with Crippen molar-refractivity contribution < 1.29 is 14.6 Å². The van der Waals surface area contributed by atoms with Crippen LogP contribution < -0.4 is 0 Å². The second-order valence-electron chi connectivity index (χ2n) is 2.29. The van der Waals surface area contributed by atoms with Crippen molar-refractivity contribution in [3.8, 4) is 0 Å². The van der Waals surface area contributed by atoms with Crippen LogP contribution in [0.5, 0.6) is 0 Å². The van der Waals surface area contributed by atoms with E-state index in [2.05, 4.69) is 0 Å². The first kappa shape index (κ1) is 8.59. The fourth-order valence-corrected chi connectivity index (χ4v) is 0.343. The van der Waals surface area contributed by atoms with Crippen LogP contribution in [0.15, 0.2) is 0 Å². The Morgan fingerprint density at radius 1 is 1.67 bits per heavy atom. The molecule has 0 saturated carbocycles. The lowest BCUT2D eigenvalue weighted by atomic mass is 10.2. The fourth-order valence-electron chi connectivity index (χ4n) is 0.343. The summed E-state index contributed by atoms with van der Waals surface area (Å²) in [5.41, 5.74) is -0.747. The van der Waals surface area contributed by atoms with E-state index in [-0.39, 0.29) is 13.2 Å². The van der Waals surface area contributed by atoms with Gasteiger partial charge in [-0.15, -0.1) is 0 Å². The van der Waals surface area contributed by atoms with E-state index < -0.39 is 5.60 Å². The molecule has 0 aromatic rings. The van der Waals surface area contributed by atoms with Crippen molar-refractivity contribution in [2.45, 2.75) is 19.4 Å². The lowest BCUT2D eigenvalue weighted by Gasteiger charge is -2.16. The number of carbonyl (C=O) groups is 1. The summed E-state index contributed by atoms with van der Waals surface area (Å²) in [6.07, 6.45) is 0.711. The van der Waals surface area contributed by atoms with Gasteiger partial charge in [0.05, 0.1) is 13.2 Å². The Labute approximate surface area is 54.6 Å². The third-order valence-electron chi connectivity index (χ3n) is 0.849. The van der Waals surface area contributed by atoms with Crippen LogP contribution in [-0.4, -0.2) is 30.2 Å². The van der Waals surface area contributed by atoms with Gasteiger partial charge in [0.25, 0.3) is 0 Å². The first-order valence-corrected chi connectivity index (χ1v) is 2.83. The number of ether oxygens (including phenoxy) is 1. The minimum atomic E-state index is -0.747. The topological polar surface area (TPSA) is 46.5 Å². The van der Waals surface area contributed by atoms with Gasteiger partial charge in [0, 0.05) is 0 Å². The quantitative estimate of drug-likeness (QED) is 0.546. The van der Waals surface area contributed by atoms with Gasteiger partial charge in [0.1, 0.15) is 5.60 Å². The fraction of sp³-hybridized carbons (Fsp3) is 0.833. The average molecular weight is 132 g/mol. The Morgan fingerprint density at radius 3 is 2.56 bits per heavy atom. The molecule has 0 spiro atoms. The highest BCUT2D eigenvalue weighted by atomic mass is 16.5. The van der Waals surface area contributed by atoms with E-state index in [0.29, 0.717) is 6.29 Å². The van der Waals surface area contributed by atoms with Crippen molar-refractivity contribution in [3.05, 3.63) is 0 Å². The summed E-state index contributed by atoms with van der Waals surface area (Å²) < 4.78 is 4.91. The first-order chi connectivity index (χ1) is 4.12. The van der Waals surface area contributed by atoms with E-state index in [1.165, 1.54) is 0 Å². The van der Waals surface area contributed by atoms with Crippen molar-refractivity contribution >= 4 is 6.29 Å². The molecule has 0 heterocycles. The molecule has 0 amide bonds. The van der Waals surface area contributed by atoms with Crippen molar-refractivity contribution in [1.29, 1.82) is 0 Å². The Bertz CT molecular complexity index is 88.3. The van der Waals surface area contributed by atoms with Crippen LogP contribution >= 0.6 is 0 Å². The number of carbonyl (C=O) groups excluding carboxylic acids is 1. The van der Waals surface area contributed by atoms with E-state index in [1.54, 1.807) is 13.8 Å². The summed E-state index contributed by atoms with van der Waals surface area (Å²) in [6.45, 7) is 3.47. The number of rotatable bonds is 4. The van der Waals surface area contributed by atoms with Crippen LogP contribution in [0.2, 0.25) is 0 Å². The minimum absolute atomic E-state index is 0.0444. The Kier molecular flexibility index (Phi) is 3.42. The molecule has 0 unspecified atom stereocenters. The van der Waals surface area contributed by atoms with Gasteiger partial charge < -0.3 is 14.6 Å². The van der Waals surface area contributed by atoms with Crippen LogP contribution in [0.1, 0.15) is 13.8 Å². The van der Waals surface area contributed by atoms with Gasteiger partial charge in [0.2, 0.25) is 0 Å².